The third kappa shape index (κ3) is 7.13. The van der Waals surface area contributed by atoms with Gasteiger partial charge in [0.15, 0.2) is 0 Å². The number of carbonyl (C=O) groups excluding carboxylic acids is 2. The maximum absolute atomic E-state index is 13.5. The smallest absolute Gasteiger partial charge is 0.343 e. The molecule has 4 aromatic rings. The van der Waals surface area contributed by atoms with Crippen LogP contribution in [0.15, 0.2) is 107 Å². The van der Waals surface area contributed by atoms with Crippen LogP contribution in [0.3, 0.4) is 0 Å². The zero-order valence-electron chi connectivity index (χ0n) is 21.7. The molecule has 0 radical (unpaired) electrons. The number of anilines is 1. The summed E-state index contributed by atoms with van der Waals surface area (Å²) in [5.41, 5.74) is 5.25. The van der Waals surface area contributed by atoms with Crippen molar-refractivity contribution in [2.45, 2.75) is 18.7 Å². The normalized spacial score (nSPS) is 11.3. The molecule has 0 bridgehead atoms. The number of carbonyl (C=O) groups is 2. The molecule has 0 spiro atoms. The van der Waals surface area contributed by atoms with Crippen molar-refractivity contribution in [1.82, 2.24) is 5.43 Å². The van der Waals surface area contributed by atoms with E-state index in [1.807, 2.05) is 13.0 Å². The summed E-state index contributed by atoms with van der Waals surface area (Å²) < 4.78 is 33.5. The Labute approximate surface area is 237 Å². The summed E-state index contributed by atoms with van der Waals surface area (Å²) in [7, 11) is -4.08. The number of benzene rings is 4. The van der Waals surface area contributed by atoms with Gasteiger partial charge in [-0.05, 0) is 91.7 Å². The van der Waals surface area contributed by atoms with Crippen LogP contribution in [0.25, 0.3) is 0 Å². The van der Waals surface area contributed by atoms with Crippen molar-refractivity contribution in [3.05, 3.63) is 124 Å². The zero-order chi connectivity index (χ0) is 28.7. The van der Waals surface area contributed by atoms with Gasteiger partial charge in [-0.1, -0.05) is 47.5 Å². The van der Waals surface area contributed by atoms with E-state index in [-0.39, 0.29) is 4.90 Å². The highest BCUT2D eigenvalue weighted by molar-refractivity contribution is 7.92. The number of sulfonamides is 1. The summed E-state index contributed by atoms with van der Waals surface area (Å²) in [5.74, 6) is -0.768. The van der Waals surface area contributed by atoms with Crippen LogP contribution >= 0.6 is 11.6 Å². The van der Waals surface area contributed by atoms with E-state index in [1.54, 1.807) is 85.8 Å². The van der Waals surface area contributed by atoms with Gasteiger partial charge in [0.1, 0.15) is 12.3 Å². The zero-order valence-corrected chi connectivity index (χ0v) is 23.3. The second-order valence-electron chi connectivity index (χ2n) is 8.87. The summed E-state index contributed by atoms with van der Waals surface area (Å²) in [4.78, 5) is 25.1. The second-order valence-corrected chi connectivity index (χ2v) is 11.2. The summed E-state index contributed by atoms with van der Waals surface area (Å²) >= 11 is 6.07. The van der Waals surface area contributed by atoms with Crippen molar-refractivity contribution in [1.29, 1.82) is 0 Å². The van der Waals surface area contributed by atoms with Gasteiger partial charge >= 0.3 is 5.97 Å². The molecular weight excluding hydrogens is 550 g/mol. The molecule has 0 aliphatic rings. The molecule has 0 aliphatic heterocycles. The minimum absolute atomic E-state index is 0.0526. The first kappa shape index (κ1) is 28.5. The van der Waals surface area contributed by atoms with Crippen molar-refractivity contribution in [3.8, 4) is 5.75 Å². The van der Waals surface area contributed by atoms with Gasteiger partial charge in [0.25, 0.3) is 15.9 Å². The van der Waals surface area contributed by atoms with E-state index in [2.05, 4.69) is 10.5 Å². The molecule has 0 aliphatic carbocycles. The number of hydrazone groups is 1. The number of nitrogens with zero attached hydrogens (tertiary/aromatic N) is 2. The predicted octanol–water partition coefficient (Wildman–Crippen LogP) is 5.52. The molecule has 4 aromatic carbocycles. The fraction of sp³-hybridized carbons (Fsp3) is 0.100. The van der Waals surface area contributed by atoms with Gasteiger partial charge in [-0.15, -0.1) is 0 Å². The highest BCUT2D eigenvalue weighted by Crippen LogP contribution is 2.29. The van der Waals surface area contributed by atoms with Crippen LogP contribution in [0.5, 0.6) is 5.75 Å². The SMILES string of the molecule is Cc1ccc(S(=O)(=O)N(CC(=O)N/N=C/c2ccc(OC(=O)c3ccccc3)cc2)c2ccc(Cl)cc2C)cc1. The Hall–Kier alpha value is -4.47. The van der Waals surface area contributed by atoms with Crippen LogP contribution in [-0.4, -0.2) is 33.1 Å². The number of halogens is 1. The van der Waals surface area contributed by atoms with E-state index < -0.39 is 28.4 Å². The number of esters is 1. The summed E-state index contributed by atoms with van der Waals surface area (Å²) in [6, 6.07) is 26.3. The number of aryl methyl sites for hydroxylation is 2. The first-order chi connectivity index (χ1) is 19.1. The minimum atomic E-state index is -4.08. The van der Waals surface area contributed by atoms with Gasteiger partial charge < -0.3 is 4.74 Å². The van der Waals surface area contributed by atoms with E-state index in [1.165, 1.54) is 18.3 Å². The highest BCUT2D eigenvalue weighted by Gasteiger charge is 2.28. The summed E-state index contributed by atoms with van der Waals surface area (Å²) in [6.07, 6.45) is 1.40. The molecule has 40 heavy (non-hydrogen) atoms. The van der Waals surface area contributed by atoms with E-state index in [0.717, 1.165) is 9.87 Å². The first-order valence-electron chi connectivity index (χ1n) is 12.2. The Morgan fingerprint density at radius 3 is 2.25 bits per heavy atom. The highest BCUT2D eigenvalue weighted by atomic mass is 35.5. The van der Waals surface area contributed by atoms with Crippen molar-refractivity contribution >= 4 is 45.4 Å². The Morgan fingerprint density at radius 2 is 1.60 bits per heavy atom. The number of amides is 1. The van der Waals surface area contributed by atoms with Gasteiger partial charge in [0.05, 0.1) is 22.4 Å². The van der Waals surface area contributed by atoms with Gasteiger partial charge in [-0.3, -0.25) is 9.10 Å². The lowest BCUT2D eigenvalue weighted by Gasteiger charge is -2.25. The van der Waals surface area contributed by atoms with Gasteiger partial charge in [-0.2, -0.15) is 5.10 Å². The fourth-order valence-corrected chi connectivity index (χ4v) is 5.45. The predicted molar refractivity (Wildman–Crippen MR) is 155 cm³/mol. The van der Waals surface area contributed by atoms with Crippen LogP contribution in [-0.2, 0) is 14.8 Å². The minimum Gasteiger partial charge on any atom is -0.423 e. The van der Waals surface area contributed by atoms with Crippen LogP contribution in [0, 0.1) is 13.8 Å². The number of hydrogen-bond donors (Lipinski definition) is 1. The lowest BCUT2D eigenvalue weighted by Crippen LogP contribution is -2.40. The summed E-state index contributed by atoms with van der Waals surface area (Å²) in [6.45, 7) is 3.06. The second kappa shape index (κ2) is 12.6. The standard InChI is InChI=1S/C30H26ClN3O5S/c1-21-8-15-27(16-9-21)40(37,38)34(28-17-12-25(31)18-22(28)2)20-29(35)33-32-19-23-10-13-26(14-11-23)39-30(36)24-6-4-3-5-7-24/h3-19H,20H2,1-2H3,(H,33,35)/b32-19+. The maximum Gasteiger partial charge on any atom is 0.343 e. The average Bonchev–Trinajstić information content (AvgIpc) is 2.94. The molecule has 4 rings (SSSR count). The molecule has 0 aromatic heterocycles. The molecule has 0 saturated carbocycles. The van der Waals surface area contributed by atoms with E-state index in [4.69, 9.17) is 16.3 Å². The maximum atomic E-state index is 13.5. The molecular formula is C30H26ClN3O5S. The van der Waals surface area contributed by atoms with Crippen molar-refractivity contribution < 1.29 is 22.7 Å². The van der Waals surface area contributed by atoms with E-state index in [9.17, 15) is 18.0 Å². The number of hydrogen-bond acceptors (Lipinski definition) is 6. The van der Waals surface area contributed by atoms with Crippen molar-refractivity contribution in [2.24, 2.45) is 5.10 Å². The number of ether oxygens (including phenoxy) is 1. The molecule has 1 N–H and O–H groups in total. The molecule has 0 fully saturated rings. The Bertz CT molecular complexity index is 1640. The third-order valence-corrected chi connectivity index (χ3v) is 7.84. The monoisotopic (exact) mass is 575 g/mol. The molecule has 0 heterocycles. The molecule has 0 unspecified atom stereocenters. The molecule has 204 valence electrons. The Balaban J connectivity index is 1.45. The van der Waals surface area contributed by atoms with Crippen LogP contribution < -0.4 is 14.5 Å². The third-order valence-electron chi connectivity index (χ3n) is 5.83. The fourth-order valence-electron chi connectivity index (χ4n) is 3.74. The molecule has 8 nitrogen and oxygen atoms in total. The Kier molecular flexibility index (Phi) is 8.98. The van der Waals surface area contributed by atoms with Gasteiger partial charge in [0.2, 0.25) is 0 Å². The quantitative estimate of drug-likeness (QED) is 0.122. The number of nitrogens with one attached hydrogen (secondary N) is 1. The summed E-state index contributed by atoms with van der Waals surface area (Å²) in [5, 5.41) is 4.40. The lowest BCUT2D eigenvalue weighted by atomic mass is 10.2. The molecule has 10 heteroatoms. The molecule has 1 amide bonds. The van der Waals surface area contributed by atoms with Gasteiger partial charge in [0, 0.05) is 5.02 Å². The van der Waals surface area contributed by atoms with Crippen LogP contribution in [0.2, 0.25) is 5.02 Å². The van der Waals surface area contributed by atoms with Crippen molar-refractivity contribution in [3.63, 3.8) is 0 Å². The lowest BCUT2D eigenvalue weighted by molar-refractivity contribution is -0.119. The topological polar surface area (TPSA) is 105 Å². The average molecular weight is 576 g/mol. The van der Waals surface area contributed by atoms with Crippen LogP contribution in [0.4, 0.5) is 5.69 Å². The number of rotatable bonds is 9. The van der Waals surface area contributed by atoms with Crippen molar-refractivity contribution in [2.75, 3.05) is 10.8 Å². The van der Waals surface area contributed by atoms with Crippen LogP contribution in [0.1, 0.15) is 27.0 Å². The largest absolute Gasteiger partial charge is 0.423 e. The molecule has 0 atom stereocenters. The van der Waals surface area contributed by atoms with E-state index in [0.29, 0.717) is 33.1 Å². The van der Waals surface area contributed by atoms with Gasteiger partial charge in [-0.25, -0.2) is 18.6 Å². The molecule has 0 saturated heterocycles. The first-order valence-corrected chi connectivity index (χ1v) is 14.0. The Morgan fingerprint density at radius 1 is 0.925 bits per heavy atom. The van der Waals surface area contributed by atoms with E-state index >= 15 is 0 Å².